The van der Waals surface area contributed by atoms with Crippen LogP contribution >= 0.6 is 0 Å². The summed E-state index contributed by atoms with van der Waals surface area (Å²) in [6, 6.07) is 7.38. The number of aromatic nitrogens is 5. The van der Waals surface area contributed by atoms with Crippen molar-refractivity contribution in [2.45, 2.75) is 6.54 Å². The summed E-state index contributed by atoms with van der Waals surface area (Å²) in [5.74, 6) is -1.11. The van der Waals surface area contributed by atoms with Crippen LogP contribution in [0.15, 0.2) is 60.8 Å². The Morgan fingerprint density at radius 2 is 1.80 bits per heavy atom. The highest BCUT2D eigenvalue weighted by molar-refractivity contribution is 5.93. The Hall–Kier alpha value is -4.20. The molecule has 1 aromatic carbocycles. The predicted octanol–water partition coefficient (Wildman–Crippen LogP) is 2.96. The van der Waals surface area contributed by atoms with Crippen molar-refractivity contribution in [1.82, 2.24) is 23.9 Å². The number of nitrogens with zero attached hydrogens (tertiary/aromatic N) is 5. The van der Waals surface area contributed by atoms with Gasteiger partial charge >= 0.3 is 11.7 Å². The number of carboxylic acids is 1. The zero-order valence-electron chi connectivity index (χ0n) is 16.3. The van der Waals surface area contributed by atoms with Crippen LogP contribution in [0.2, 0.25) is 0 Å². The summed E-state index contributed by atoms with van der Waals surface area (Å²) in [5.41, 5.74) is 3.79. The SMILES string of the molecule is C=Cc1c(C=C)n(-c2ccc(-c3cncc4c3cnn4C)cc2)c(=O)n1CC(=O)O. The monoisotopic (exact) mass is 401 g/mol. The first-order chi connectivity index (χ1) is 14.5. The summed E-state index contributed by atoms with van der Waals surface area (Å²) in [7, 11) is 1.86. The van der Waals surface area contributed by atoms with Crippen LogP contribution in [0.25, 0.3) is 39.9 Å². The Morgan fingerprint density at radius 3 is 2.43 bits per heavy atom. The quantitative estimate of drug-likeness (QED) is 0.536. The van der Waals surface area contributed by atoms with Crippen molar-refractivity contribution < 1.29 is 9.90 Å². The average molecular weight is 401 g/mol. The number of imidazole rings is 1. The molecule has 0 bridgehead atoms. The maximum Gasteiger partial charge on any atom is 0.334 e. The number of rotatable bonds is 6. The Kier molecular flexibility index (Phi) is 4.67. The molecule has 0 saturated heterocycles. The lowest BCUT2D eigenvalue weighted by Crippen LogP contribution is -2.26. The van der Waals surface area contributed by atoms with Crippen molar-refractivity contribution in [3.63, 3.8) is 0 Å². The molecule has 150 valence electrons. The first-order valence-corrected chi connectivity index (χ1v) is 9.15. The van der Waals surface area contributed by atoms with Gasteiger partial charge in [-0.25, -0.2) is 4.79 Å². The van der Waals surface area contributed by atoms with Crippen molar-refractivity contribution in [1.29, 1.82) is 0 Å². The van der Waals surface area contributed by atoms with E-state index < -0.39 is 18.2 Å². The van der Waals surface area contributed by atoms with Gasteiger partial charge in [0.25, 0.3) is 0 Å². The predicted molar refractivity (Wildman–Crippen MR) is 115 cm³/mol. The van der Waals surface area contributed by atoms with Gasteiger partial charge in [-0.3, -0.25) is 23.6 Å². The van der Waals surface area contributed by atoms with Crippen molar-refractivity contribution >= 4 is 29.0 Å². The van der Waals surface area contributed by atoms with Crippen LogP contribution in [-0.2, 0) is 18.4 Å². The number of pyridine rings is 1. The van der Waals surface area contributed by atoms with Gasteiger partial charge in [0.2, 0.25) is 0 Å². The topological polar surface area (TPSA) is 94.9 Å². The van der Waals surface area contributed by atoms with Crippen molar-refractivity contribution in [2.24, 2.45) is 7.05 Å². The summed E-state index contributed by atoms with van der Waals surface area (Å²) < 4.78 is 4.36. The lowest BCUT2D eigenvalue weighted by molar-refractivity contribution is -0.137. The van der Waals surface area contributed by atoms with E-state index in [2.05, 4.69) is 23.2 Å². The third kappa shape index (κ3) is 2.95. The van der Waals surface area contributed by atoms with Gasteiger partial charge < -0.3 is 5.11 Å². The molecule has 0 spiro atoms. The van der Waals surface area contributed by atoms with E-state index in [0.29, 0.717) is 17.1 Å². The Morgan fingerprint density at radius 1 is 1.10 bits per heavy atom. The molecule has 8 nitrogen and oxygen atoms in total. The van der Waals surface area contributed by atoms with Gasteiger partial charge in [-0.05, 0) is 29.8 Å². The second-order valence-electron chi connectivity index (χ2n) is 6.71. The van der Waals surface area contributed by atoms with Crippen LogP contribution in [0.3, 0.4) is 0 Å². The van der Waals surface area contributed by atoms with E-state index in [1.807, 2.05) is 19.2 Å². The van der Waals surface area contributed by atoms with E-state index in [-0.39, 0.29) is 0 Å². The number of carbonyl (C=O) groups is 1. The standard InChI is InChI=1S/C22H19N5O3/c1-4-18-19(5-2)27(22(30)26(18)13-21(28)29)15-8-6-14(7-9-15)16-10-23-12-20-17(16)11-24-25(20)3/h4-12H,1-2,13H2,3H3,(H,28,29). The first kappa shape index (κ1) is 19.1. The van der Waals surface area contributed by atoms with Gasteiger partial charge in [0.05, 0.1) is 35.0 Å². The molecular weight excluding hydrogens is 382 g/mol. The molecule has 0 aliphatic rings. The number of hydrogen-bond donors (Lipinski definition) is 1. The Bertz CT molecular complexity index is 1360. The molecule has 4 rings (SSSR count). The second-order valence-corrected chi connectivity index (χ2v) is 6.71. The molecule has 3 aromatic heterocycles. The van der Waals surface area contributed by atoms with Crippen LogP contribution in [0.5, 0.6) is 0 Å². The zero-order chi connectivity index (χ0) is 21.4. The lowest BCUT2D eigenvalue weighted by Gasteiger charge is -2.08. The van der Waals surface area contributed by atoms with Crippen LogP contribution < -0.4 is 5.69 Å². The number of hydrogen-bond acceptors (Lipinski definition) is 4. The maximum absolute atomic E-state index is 12.9. The molecule has 1 N–H and O–H groups in total. The van der Waals surface area contributed by atoms with E-state index >= 15 is 0 Å². The average Bonchev–Trinajstić information content (AvgIpc) is 3.25. The molecule has 0 aliphatic carbocycles. The minimum Gasteiger partial charge on any atom is -0.480 e. The van der Waals surface area contributed by atoms with Gasteiger partial charge in [-0.15, -0.1) is 0 Å². The molecule has 0 amide bonds. The summed E-state index contributed by atoms with van der Waals surface area (Å²) in [4.78, 5) is 28.4. The van der Waals surface area contributed by atoms with E-state index in [4.69, 9.17) is 5.11 Å². The number of aryl methyl sites for hydroxylation is 1. The molecule has 8 heteroatoms. The van der Waals surface area contributed by atoms with Gasteiger partial charge in [0.1, 0.15) is 6.54 Å². The first-order valence-electron chi connectivity index (χ1n) is 9.15. The van der Waals surface area contributed by atoms with Crippen molar-refractivity contribution in [2.75, 3.05) is 0 Å². The van der Waals surface area contributed by atoms with Crippen LogP contribution in [0, 0.1) is 0 Å². The fourth-order valence-electron chi connectivity index (χ4n) is 3.61. The van der Waals surface area contributed by atoms with Crippen LogP contribution in [0.1, 0.15) is 11.4 Å². The van der Waals surface area contributed by atoms with Crippen molar-refractivity contribution in [3.8, 4) is 16.8 Å². The third-order valence-corrected chi connectivity index (χ3v) is 5.01. The highest BCUT2D eigenvalue weighted by atomic mass is 16.4. The minimum atomic E-state index is -1.11. The minimum absolute atomic E-state index is 0.408. The number of aliphatic carboxylic acids is 1. The van der Waals surface area contributed by atoms with E-state index in [1.165, 1.54) is 21.3 Å². The van der Waals surface area contributed by atoms with Crippen molar-refractivity contribution in [3.05, 3.63) is 77.9 Å². The molecule has 3 heterocycles. The van der Waals surface area contributed by atoms with E-state index in [9.17, 15) is 9.59 Å². The summed E-state index contributed by atoms with van der Waals surface area (Å²) in [5, 5.41) is 14.4. The maximum atomic E-state index is 12.9. The largest absolute Gasteiger partial charge is 0.480 e. The fraction of sp³-hybridized carbons (Fsp3) is 0.0909. The van der Waals surface area contributed by atoms with Crippen LogP contribution in [0.4, 0.5) is 0 Å². The normalized spacial score (nSPS) is 11.0. The van der Waals surface area contributed by atoms with E-state index in [1.54, 1.807) is 35.4 Å². The molecule has 0 radical (unpaired) electrons. The molecule has 0 atom stereocenters. The fourth-order valence-corrected chi connectivity index (χ4v) is 3.61. The molecule has 30 heavy (non-hydrogen) atoms. The number of benzene rings is 1. The van der Waals surface area contributed by atoms with Crippen LogP contribution in [-0.4, -0.2) is 35.0 Å². The molecule has 0 saturated carbocycles. The number of fused-ring (bicyclic) bond motifs is 1. The highest BCUT2D eigenvalue weighted by Crippen LogP contribution is 2.28. The highest BCUT2D eigenvalue weighted by Gasteiger charge is 2.19. The number of carboxylic acid groups (broad SMARTS) is 1. The summed E-state index contributed by atoms with van der Waals surface area (Å²) in [6.07, 6.45) is 8.31. The van der Waals surface area contributed by atoms with Gasteiger partial charge in [-0.1, -0.05) is 25.3 Å². The van der Waals surface area contributed by atoms with E-state index in [0.717, 1.165) is 22.0 Å². The smallest absolute Gasteiger partial charge is 0.334 e. The van der Waals surface area contributed by atoms with Gasteiger partial charge in [-0.2, -0.15) is 5.10 Å². The Labute approximate surface area is 171 Å². The zero-order valence-corrected chi connectivity index (χ0v) is 16.3. The van der Waals surface area contributed by atoms with Gasteiger partial charge in [0, 0.05) is 24.2 Å². The van der Waals surface area contributed by atoms with Gasteiger partial charge in [0.15, 0.2) is 0 Å². The third-order valence-electron chi connectivity index (χ3n) is 5.01. The Balaban J connectivity index is 1.84. The molecule has 4 aromatic rings. The summed E-state index contributed by atoms with van der Waals surface area (Å²) in [6.45, 7) is 7.03. The molecule has 0 unspecified atom stereocenters. The molecular formula is C22H19N5O3. The molecule has 0 aliphatic heterocycles. The molecule has 0 fully saturated rings. The summed E-state index contributed by atoms with van der Waals surface area (Å²) >= 11 is 0. The lowest BCUT2D eigenvalue weighted by atomic mass is 10.0. The second kappa shape index (κ2) is 7.32.